The molecule has 3 nitrogen and oxygen atoms in total. The summed E-state index contributed by atoms with van der Waals surface area (Å²) in [6, 6.07) is 10.1. The van der Waals surface area contributed by atoms with E-state index in [4.69, 9.17) is 5.26 Å². The van der Waals surface area contributed by atoms with Crippen LogP contribution in [-0.2, 0) is 6.54 Å². The molecular weight excluding hydrogens is 230 g/mol. The van der Waals surface area contributed by atoms with Crippen LogP contribution in [-0.4, -0.2) is 15.3 Å². The van der Waals surface area contributed by atoms with Gasteiger partial charge in [-0.05, 0) is 11.6 Å². The highest BCUT2D eigenvalue weighted by molar-refractivity contribution is 7.99. The van der Waals surface area contributed by atoms with Crippen molar-refractivity contribution in [3.63, 3.8) is 0 Å². The van der Waals surface area contributed by atoms with Crippen molar-refractivity contribution in [2.75, 3.05) is 5.75 Å². The Kier molecular flexibility index (Phi) is 2.62. The number of rotatable bonds is 1. The molecule has 1 aliphatic heterocycles. The van der Waals surface area contributed by atoms with Crippen LogP contribution in [0.4, 0.5) is 0 Å². The van der Waals surface area contributed by atoms with E-state index in [1.807, 2.05) is 48.6 Å². The van der Waals surface area contributed by atoms with E-state index in [1.165, 1.54) is 5.69 Å². The summed E-state index contributed by atoms with van der Waals surface area (Å²) in [5.74, 6) is 1.06. The minimum Gasteiger partial charge on any atom is -0.332 e. The Balaban J connectivity index is 2.10. The van der Waals surface area contributed by atoms with Crippen LogP contribution >= 0.6 is 11.8 Å². The Morgan fingerprint density at radius 3 is 3.18 bits per heavy atom. The smallest absolute Gasteiger partial charge is 0.0995 e. The number of aromatic nitrogens is 2. The second kappa shape index (κ2) is 4.27. The van der Waals surface area contributed by atoms with Crippen LogP contribution in [0.3, 0.4) is 0 Å². The number of fused-ring (bicyclic) bond motifs is 1. The van der Waals surface area contributed by atoms with E-state index in [9.17, 15) is 0 Å². The lowest BCUT2D eigenvalue weighted by atomic mass is 10.0. The fourth-order valence-electron chi connectivity index (χ4n) is 2.17. The van der Waals surface area contributed by atoms with Crippen molar-refractivity contribution in [2.45, 2.75) is 11.8 Å². The number of hydrogen-bond acceptors (Lipinski definition) is 3. The summed E-state index contributed by atoms with van der Waals surface area (Å²) >= 11 is 1.88. The van der Waals surface area contributed by atoms with E-state index in [0.29, 0.717) is 0 Å². The van der Waals surface area contributed by atoms with Gasteiger partial charge < -0.3 is 4.57 Å². The molecule has 17 heavy (non-hydrogen) atoms. The maximum atomic E-state index is 9.17. The van der Waals surface area contributed by atoms with Crippen molar-refractivity contribution in [1.29, 1.82) is 5.26 Å². The first kappa shape index (κ1) is 10.4. The summed E-state index contributed by atoms with van der Waals surface area (Å²) in [4.78, 5) is 4.20. The van der Waals surface area contributed by atoms with Gasteiger partial charge in [-0.1, -0.05) is 18.2 Å². The molecule has 1 atom stereocenters. The van der Waals surface area contributed by atoms with Gasteiger partial charge in [0.1, 0.15) is 0 Å². The van der Waals surface area contributed by atoms with Crippen molar-refractivity contribution >= 4 is 11.8 Å². The zero-order valence-corrected chi connectivity index (χ0v) is 10.0. The molecular formula is C13H11N3S. The number of benzene rings is 1. The third-order valence-corrected chi connectivity index (χ3v) is 4.24. The number of nitrogens with zero attached hydrogens (tertiary/aromatic N) is 3. The maximum absolute atomic E-state index is 9.17. The van der Waals surface area contributed by atoms with Crippen molar-refractivity contribution in [3.8, 4) is 6.07 Å². The molecule has 0 N–H and O–H groups in total. The normalized spacial score (nSPS) is 18.4. The van der Waals surface area contributed by atoms with E-state index < -0.39 is 0 Å². The number of aryl methyl sites for hydroxylation is 1. The molecule has 0 amide bonds. The van der Waals surface area contributed by atoms with Crippen LogP contribution in [0, 0.1) is 11.3 Å². The molecule has 0 spiro atoms. The molecule has 2 aromatic rings. The van der Waals surface area contributed by atoms with E-state index in [1.54, 1.807) is 0 Å². The molecule has 84 valence electrons. The van der Waals surface area contributed by atoms with Gasteiger partial charge in [0.05, 0.1) is 28.9 Å². The summed E-state index contributed by atoms with van der Waals surface area (Å²) in [7, 11) is 0. The average molecular weight is 241 g/mol. The molecule has 0 saturated carbocycles. The Morgan fingerprint density at radius 1 is 1.41 bits per heavy atom. The van der Waals surface area contributed by atoms with Gasteiger partial charge in [0.25, 0.3) is 0 Å². The third-order valence-electron chi connectivity index (χ3n) is 2.99. The van der Waals surface area contributed by atoms with Crippen molar-refractivity contribution in [3.05, 3.63) is 53.6 Å². The Morgan fingerprint density at radius 2 is 2.29 bits per heavy atom. The SMILES string of the molecule is N#Cc1ccccc1C1SCCn2cncc21. The summed E-state index contributed by atoms with van der Waals surface area (Å²) in [6.07, 6.45) is 3.78. The monoisotopic (exact) mass is 241 g/mol. The van der Waals surface area contributed by atoms with Gasteiger partial charge in [0, 0.05) is 18.5 Å². The van der Waals surface area contributed by atoms with Gasteiger partial charge in [-0.3, -0.25) is 0 Å². The molecule has 1 unspecified atom stereocenters. The summed E-state index contributed by atoms with van der Waals surface area (Å²) in [5, 5.41) is 9.40. The quantitative estimate of drug-likeness (QED) is 0.770. The van der Waals surface area contributed by atoms with Gasteiger partial charge in [0.2, 0.25) is 0 Å². The van der Waals surface area contributed by atoms with E-state index in [-0.39, 0.29) is 5.25 Å². The molecule has 0 bridgehead atoms. The standard InChI is InChI=1S/C13H11N3S/c14-7-10-3-1-2-4-11(10)13-12-8-15-9-16(12)5-6-17-13/h1-4,8-9,13H,5-6H2. The minimum absolute atomic E-state index is 0.238. The second-order valence-corrected chi connectivity index (χ2v) is 5.17. The predicted molar refractivity (Wildman–Crippen MR) is 67.7 cm³/mol. The van der Waals surface area contributed by atoms with Crippen LogP contribution in [0.1, 0.15) is 22.1 Å². The lowest BCUT2D eigenvalue weighted by Gasteiger charge is -2.24. The van der Waals surface area contributed by atoms with Crippen LogP contribution < -0.4 is 0 Å². The predicted octanol–water partition coefficient (Wildman–Crippen LogP) is 2.59. The fraction of sp³-hybridized carbons (Fsp3) is 0.231. The Labute approximate surface area is 104 Å². The summed E-state index contributed by atoms with van der Waals surface area (Å²) < 4.78 is 2.18. The first-order valence-electron chi connectivity index (χ1n) is 5.51. The number of nitriles is 1. The maximum Gasteiger partial charge on any atom is 0.0995 e. The van der Waals surface area contributed by atoms with E-state index >= 15 is 0 Å². The molecule has 1 aliphatic rings. The van der Waals surface area contributed by atoms with Gasteiger partial charge in [-0.25, -0.2) is 4.98 Å². The molecule has 2 heterocycles. The largest absolute Gasteiger partial charge is 0.332 e. The number of thioether (sulfide) groups is 1. The summed E-state index contributed by atoms with van der Waals surface area (Å²) in [6.45, 7) is 1.01. The number of imidazole rings is 1. The van der Waals surface area contributed by atoms with Gasteiger partial charge in [-0.15, -0.1) is 11.8 Å². The Hall–Kier alpha value is -1.73. The van der Waals surface area contributed by atoms with Crippen molar-refractivity contribution in [2.24, 2.45) is 0 Å². The van der Waals surface area contributed by atoms with Crippen molar-refractivity contribution < 1.29 is 0 Å². The van der Waals surface area contributed by atoms with Gasteiger partial charge >= 0.3 is 0 Å². The van der Waals surface area contributed by atoms with Gasteiger partial charge in [-0.2, -0.15) is 5.26 Å². The molecule has 1 aromatic heterocycles. The third kappa shape index (κ3) is 1.73. The van der Waals surface area contributed by atoms with E-state index in [0.717, 1.165) is 23.4 Å². The highest BCUT2D eigenvalue weighted by Crippen LogP contribution is 2.39. The van der Waals surface area contributed by atoms with Gasteiger partial charge in [0.15, 0.2) is 0 Å². The zero-order chi connectivity index (χ0) is 11.7. The highest BCUT2D eigenvalue weighted by atomic mass is 32.2. The van der Waals surface area contributed by atoms with E-state index in [2.05, 4.69) is 15.6 Å². The molecule has 1 aromatic carbocycles. The lowest BCUT2D eigenvalue weighted by Crippen LogP contribution is -2.15. The van der Waals surface area contributed by atoms with Crippen LogP contribution in [0.15, 0.2) is 36.8 Å². The number of hydrogen-bond donors (Lipinski definition) is 0. The lowest BCUT2D eigenvalue weighted by molar-refractivity contribution is 0.708. The minimum atomic E-state index is 0.238. The molecule has 3 rings (SSSR count). The Bertz CT molecular complexity index is 582. The fourth-order valence-corrected chi connectivity index (χ4v) is 3.46. The second-order valence-electron chi connectivity index (χ2n) is 3.96. The van der Waals surface area contributed by atoms with Crippen LogP contribution in [0.25, 0.3) is 0 Å². The molecule has 0 aliphatic carbocycles. The van der Waals surface area contributed by atoms with Crippen LogP contribution in [0.2, 0.25) is 0 Å². The zero-order valence-electron chi connectivity index (χ0n) is 9.21. The molecule has 0 saturated heterocycles. The first-order valence-corrected chi connectivity index (χ1v) is 6.55. The summed E-state index contributed by atoms with van der Waals surface area (Å²) in [5.41, 5.74) is 3.06. The molecule has 4 heteroatoms. The molecule has 0 radical (unpaired) electrons. The first-order chi connectivity index (χ1) is 8.40. The van der Waals surface area contributed by atoms with Crippen LogP contribution in [0.5, 0.6) is 0 Å². The molecule has 0 fully saturated rings. The average Bonchev–Trinajstić information content (AvgIpc) is 2.86. The highest BCUT2D eigenvalue weighted by Gasteiger charge is 2.24. The van der Waals surface area contributed by atoms with Crippen molar-refractivity contribution in [1.82, 2.24) is 9.55 Å². The topological polar surface area (TPSA) is 41.6 Å².